The van der Waals surface area contributed by atoms with Gasteiger partial charge in [-0.2, -0.15) is 8.42 Å². The maximum Gasteiger partial charge on any atom is 0.268 e. The summed E-state index contributed by atoms with van der Waals surface area (Å²) >= 11 is 4.47. The summed E-state index contributed by atoms with van der Waals surface area (Å²) in [4.78, 5) is 0.588. The van der Waals surface area contributed by atoms with Crippen molar-refractivity contribution in [1.82, 2.24) is 0 Å². The van der Waals surface area contributed by atoms with E-state index < -0.39 is 10.1 Å². The van der Waals surface area contributed by atoms with Crippen LogP contribution in [0.1, 0.15) is 13.3 Å². The molecule has 0 aliphatic heterocycles. The highest BCUT2D eigenvalue weighted by Crippen LogP contribution is 1.78. The number of hydrogen-bond donors (Lipinski definition) is 2. The zero-order valence-corrected chi connectivity index (χ0v) is 8.49. The van der Waals surface area contributed by atoms with E-state index in [4.69, 9.17) is 10.3 Å². The average Bonchev–Trinajstić information content (AvgIpc) is 1.86. The maximum atomic E-state index is 9.72. The predicted octanol–water partition coefficient (Wildman–Crippen LogP) is 0.743. The van der Waals surface area contributed by atoms with Crippen molar-refractivity contribution in [3.8, 4) is 0 Å². The summed E-state index contributed by atoms with van der Waals surface area (Å²) in [5.74, 6) is -0.368. The quantitative estimate of drug-likeness (QED) is 0.409. The lowest BCUT2D eigenvalue weighted by molar-refractivity contribution is 0.487. The average molecular weight is 211 g/mol. The van der Waals surface area contributed by atoms with Gasteiger partial charge in [-0.15, -0.1) is 6.58 Å². The van der Waals surface area contributed by atoms with Crippen LogP contribution in [0.2, 0.25) is 0 Å². The first-order chi connectivity index (χ1) is 5.33. The van der Waals surface area contributed by atoms with Gasteiger partial charge in [-0.1, -0.05) is 25.2 Å². The van der Waals surface area contributed by atoms with Gasteiger partial charge in [0.25, 0.3) is 10.1 Å². The van der Waals surface area contributed by atoms with E-state index in [9.17, 15) is 8.42 Å². The summed E-state index contributed by atoms with van der Waals surface area (Å²) in [6, 6.07) is 0. The summed E-state index contributed by atoms with van der Waals surface area (Å²) in [5, 5.41) is 0. The van der Waals surface area contributed by atoms with E-state index in [1.165, 1.54) is 0 Å². The van der Waals surface area contributed by atoms with Crippen LogP contribution in [0.25, 0.3) is 0 Å². The van der Waals surface area contributed by atoms with Crippen LogP contribution in [0.3, 0.4) is 0 Å². The highest BCUT2D eigenvalue weighted by Gasteiger charge is 1.95. The Labute approximate surface area is 78.2 Å². The predicted molar refractivity (Wildman–Crippen MR) is 53.7 cm³/mol. The lowest BCUT2D eigenvalue weighted by atomic mass is 10.5. The fourth-order valence-corrected chi connectivity index (χ4v) is 0.447. The van der Waals surface area contributed by atoms with E-state index in [1.807, 2.05) is 6.92 Å². The second-order valence-electron chi connectivity index (χ2n) is 1.86. The molecule has 6 heteroatoms. The summed E-state index contributed by atoms with van der Waals surface area (Å²) in [5.41, 5.74) is 5.02. The minimum atomic E-state index is -3.79. The SMILES string of the molecule is C=CCS(=O)(=O)O.CCC(N)=S. The van der Waals surface area contributed by atoms with Crippen LogP contribution in [0.5, 0.6) is 0 Å². The molecule has 72 valence electrons. The van der Waals surface area contributed by atoms with Crippen molar-refractivity contribution >= 4 is 27.3 Å². The number of hydrogen-bond acceptors (Lipinski definition) is 3. The van der Waals surface area contributed by atoms with Crippen molar-refractivity contribution in [2.45, 2.75) is 13.3 Å². The minimum Gasteiger partial charge on any atom is -0.393 e. The van der Waals surface area contributed by atoms with Crippen LogP contribution in [0.4, 0.5) is 0 Å². The first-order valence-electron chi connectivity index (χ1n) is 3.17. The molecule has 0 aromatic rings. The van der Waals surface area contributed by atoms with E-state index in [-0.39, 0.29) is 5.75 Å². The third kappa shape index (κ3) is 22.7. The van der Waals surface area contributed by atoms with Crippen molar-refractivity contribution in [3.63, 3.8) is 0 Å². The molecule has 0 rings (SSSR count). The lowest BCUT2D eigenvalue weighted by Gasteiger charge is -1.82. The number of thiocarbonyl (C=S) groups is 1. The molecule has 0 aliphatic rings. The molecule has 3 N–H and O–H groups in total. The van der Waals surface area contributed by atoms with Crippen molar-refractivity contribution in [3.05, 3.63) is 12.7 Å². The third-order valence-electron chi connectivity index (χ3n) is 0.677. The minimum absolute atomic E-state index is 0.368. The second kappa shape index (κ2) is 7.20. The summed E-state index contributed by atoms with van der Waals surface area (Å²) in [6.07, 6.45) is 1.94. The van der Waals surface area contributed by atoms with Crippen molar-refractivity contribution < 1.29 is 13.0 Å². The zero-order valence-electron chi connectivity index (χ0n) is 6.86. The van der Waals surface area contributed by atoms with Crippen molar-refractivity contribution in [1.29, 1.82) is 0 Å². The Morgan fingerprint density at radius 3 is 2.08 bits per heavy atom. The molecule has 0 heterocycles. The number of nitrogens with two attached hydrogens (primary N) is 1. The van der Waals surface area contributed by atoms with Gasteiger partial charge in [0.1, 0.15) is 0 Å². The molecule has 0 amide bonds. The van der Waals surface area contributed by atoms with E-state index in [0.29, 0.717) is 4.99 Å². The number of rotatable bonds is 3. The Bertz CT molecular complexity index is 233. The van der Waals surface area contributed by atoms with Crippen molar-refractivity contribution in [2.24, 2.45) is 5.73 Å². The molecule has 0 fully saturated rings. The molecule has 0 aromatic heterocycles. The topological polar surface area (TPSA) is 80.4 Å². The van der Waals surface area contributed by atoms with Gasteiger partial charge < -0.3 is 5.73 Å². The molecule has 0 atom stereocenters. The third-order valence-corrected chi connectivity index (χ3v) is 1.62. The van der Waals surface area contributed by atoms with Crippen LogP contribution in [0, 0.1) is 0 Å². The Hall–Kier alpha value is -0.460. The Kier molecular flexibility index (Phi) is 8.46. The van der Waals surface area contributed by atoms with Crippen LogP contribution < -0.4 is 5.73 Å². The van der Waals surface area contributed by atoms with Gasteiger partial charge in [0.05, 0.1) is 10.7 Å². The van der Waals surface area contributed by atoms with Crippen LogP contribution in [-0.2, 0) is 10.1 Å². The van der Waals surface area contributed by atoms with Gasteiger partial charge >= 0.3 is 0 Å². The van der Waals surface area contributed by atoms with Gasteiger partial charge in [-0.25, -0.2) is 0 Å². The summed E-state index contributed by atoms with van der Waals surface area (Å²) < 4.78 is 27.3. The maximum absolute atomic E-state index is 9.72. The standard InChI is InChI=1S/C3H7NS.C3H6O3S/c1-2-3(4)5;1-2-3-7(4,5)6/h2H2,1H3,(H2,4,5);2H,1,3H2,(H,4,5,6). The molecule has 0 aliphatic carbocycles. The molecule has 0 saturated carbocycles. The molecule has 12 heavy (non-hydrogen) atoms. The Balaban J connectivity index is 0. The van der Waals surface area contributed by atoms with Crippen molar-refractivity contribution in [2.75, 3.05) is 5.75 Å². The van der Waals surface area contributed by atoms with Gasteiger partial charge in [0, 0.05) is 0 Å². The van der Waals surface area contributed by atoms with E-state index >= 15 is 0 Å². The smallest absolute Gasteiger partial charge is 0.268 e. The highest BCUT2D eigenvalue weighted by atomic mass is 32.2. The first kappa shape index (κ1) is 14.1. The Morgan fingerprint density at radius 2 is 2.08 bits per heavy atom. The summed E-state index contributed by atoms with van der Waals surface area (Å²) in [7, 11) is -3.79. The molecule has 0 spiro atoms. The Morgan fingerprint density at radius 1 is 1.75 bits per heavy atom. The van der Waals surface area contributed by atoms with E-state index in [2.05, 4.69) is 18.8 Å². The molecule has 4 nitrogen and oxygen atoms in total. The molecule has 0 aromatic carbocycles. The molecular weight excluding hydrogens is 198 g/mol. The molecule has 0 bridgehead atoms. The lowest BCUT2D eigenvalue weighted by Crippen LogP contribution is -2.03. The summed E-state index contributed by atoms with van der Waals surface area (Å²) in [6.45, 7) is 5.04. The fourth-order valence-electron chi connectivity index (χ4n) is 0.149. The van der Waals surface area contributed by atoms with Crippen LogP contribution in [-0.4, -0.2) is 23.7 Å². The molecule has 0 radical (unpaired) electrons. The van der Waals surface area contributed by atoms with Gasteiger partial charge in [-0.05, 0) is 6.42 Å². The zero-order chi connectivity index (χ0) is 10.2. The normalized spacial score (nSPS) is 9.50. The van der Waals surface area contributed by atoms with Gasteiger partial charge in [0.15, 0.2) is 0 Å². The largest absolute Gasteiger partial charge is 0.393 e. The van der Waals surface area contributed by atoms with E-state index in [0.717, 1.165) is 12.5 Å². The fraction of sp³-hybridized carbons (Fsp3) is 0.500. The van der Waals surface area contributed by atoms with Gasteiger partial charge in [-0.3, -0.25) is 4.55 Å². The first-order valence-corrected chi connectivity index (χ1v) is 5.19. The molecule has 0 saturated heterocycles. The van der Waals surface area contributed by atoms with Gasteiger partial charge in [0.2, 0.25) is 0 Å². The second-order valence-corrected chi connectivity index (χ2v) is 3.88. The van der Waals surface area contributed by atoms with E-state index in [1.54, 1.807) is 0 Å². The van der Waals surface area contributed by atoms with Crippen LogP contribution in [0.15, 0.2) is 12.7 Å². The monoisotopic (exact) mass is 211 g/mol. The highest BCUT2D eigenvalue weighted by molar-refractivity contribution is 7.85. The molecule has 0 unspecified atom stereocenters. The molecular formula is C6H13NO3S2. The van der Waals surface area contributed by atoms with Crippen LogP contribution >= 0.6 is 12.2 Å².